The number of hydrogen-bond donors (Lipinski definition) is 1. The van der Waals surface area contributed by atoms with Crippen LogP contribution in [0.4, 0.5) is 0 Å². The molecular formula is C15H25N3O2. The van der Waals surface area contributed by atoms with Crippen LogP contribution in [-0.4, -0.2) is 34.2 Å². The SMILES string of the molecule is COC(=O)C1(NC(C)C)CCCC1CCn1ccnc1. The molecule has 5 heteroatoms. The summed E-state index contributed by atoms with van der Waals surface area (Å²) in [5, 5.41) is 3.49. The second-order valence-corrected chi connectivity index (χ2v) is 5.94. The van der Waals surface area contributed by atoms with E-state index in [0.717, 1.165) is 32.2 Å². The number of nitrogens with one attached hydrogen (secondary N) is 1. The third-order valence-electron chi connectivity index (χ3n) is 4.21. The lowest BCUT2D eigenvalue weighted by Gasteiger charge is -2.35. The highest BCUT2D eigenvalue weighted by molar-refractivity contribution is 5.81. The van der Waals surface area contributed by atoms with Gasteiger partial charge in [-0.2, -0.15) is 0 Å². The first-order valence-electron chi connectivity index (χ1n) is 7.40. The van der Waals surface area contributed by atoms with Crippen molar-refractivity contribution in [3.05, 3.63) is 18.7 Å². The Morgan fingerprint density at radius 2 is 2.40 bits per heavy atom. The number of aryl methyl sites for hydroxylation is 1. The van der Waals surface area contributed by atoms with Gasteiger partial charge in [-0.15, -0.1) is 0 Å². The van der Waals surface area contributed by atoms with Gasteiger partial charge in [-0.1, -0.05) is 6.42 Å². The van der Waals surface area contributed by atoms with Gasteiger partial charge in [0.15, 0.2) is 0 Å². The number of rotatable bonds is 6. The molecule has 2 unspecified atom stereocenters. The molecule has 0 saturated heterocycles. The minimum atomic E-state index is -0.510. The molecule has 0 aliphatic heterocycles. The Hall–Kier alpha value is -1.36. The lowest BCUT2D eigenvalue weighted by atomic mass is 9.83. The van der Waals surface area contributed by atoms with Gasteiger partial charge in [0.2, 0.25) is 0 Å². The molecule has 112 valence electrons. The molecule has 1 aliphatic rings. The zero-order chi connectivity index (χ0) is 14.6. The Balaban J connectivity index is 2.09. The van der Waals surface area contributed by atoms with Crippen molar-refractivity contribution in [2.75, 3.05) is 7.11 Å². The highest BCUT2D eigenvalue weighted by atomic mass is 16.5. The largest absolute Gasteiger partial charge is 0.468 e. The minimum Gasteiger partial charge on any atom is -0.468 e. The van der Waals surface area contributed by atoms with Crippen molar-refractivity contribution in [2.24, 2.45) is 5.92 Å². The van der Waals surface area contributed by atoms with Crippen LogP contribution in [0.3, 0.4) is 0 Å². The summed E-state index contributed by atoms with van der Waals surface area (Å²) in [4.78, 5) is 16.4. The third-order valence-corrected chi connectivity index (χ3v) is 4.21. The van der Waals surface area contributed by atoms with Crippen molar-refractivity contribution in [3.8, 4) is 0 Å². The molecule has 0 amide bonds. The molecule has 0 radical (unpaired) electrons. The molecule has 1 aromatic rings. The van der Waals surface area contributed by atoms with Gasteiger partial charge in [-0.3, -0.25) is 10.1 Å². The molecule has 2 atom stereocenters. The fraction of sp³-hybridized carbons (Fsp3) is 0.733. The average Bonchev–Trinajstić information content (AvgIpc) is 3.04. The Kier molecular flexibility index (Phi) is 4.81. The van der Waals surface area contributed by atoms with Crippen molar-refractivity contribution in [1.29, 1.82) is 0 Å². The van der Waals surface area contributed by atoms with E-state index in [2.05, 4.69) is 28.7 Å². The summed E-state index contributed by atoms with van der Waals surface area (Å²) in [6.45, 7) is 5.05. The lowest BCUT2D eigenvalue weighted by Crippen LogP contribution is -2.57. The van der Waals surface area contributed by atoms with Crippen molar-refractivity contribution in [2.45, 2.75) is 57.7 Å². The number of carbonyl (C=O) groups excluding carboxylic acids is 1. The van der Waals surface area contributed by atoms with Crippen LogP contribution < -0.4 is 5.32 Å². The number of methoxy groups -OCH3 is 1. The second-order valence-electron chi connectivity index (χ2n) is 5.94. The lowest BCUT2D eigenvalue weighted by molar-refractivity contribution is -0.151. The quantitative estimate of drug-likeness (QED) is 0.809. The zero-order valence-electron chi connectivity index (χ0n) is 12.6. The van der Waals surface area contributed by atoms with E-state index >= 15 is 0 Å². The van der Waals surface area contributed by atoms with Gasteiger partial charge in [-0.25, -0.2) is 4.98 Å². The smallest absolute Gasteiger partial charge is 0.326 e. The predicted octanol–water partition coefficient (Wildman–Crippen LogP) is 1.98. The first-order chi connectivity index (χ1) is 9.58. The van der Waals surface area contributed by atoms with E-state index in [1.807, 2.05) is 12.5 Å². The Morgan fingerprint density at radius 3 is 3.00 bits per heavy atom. The molecule has 1 fully saturated rings. The number of esters is 1. The van der Waals surface area contributed by atoms with Gasteiger partial charge in [0.1, 0.15) is 5.54 Å². The zero-order valence-corrected chi connectivity index (χ0v) is 12.6. The van der Waals surface area contributed by atoms with Crippen LogP contribution >= 0.6 is 0 Å². The van der Waals surface area contributed by atoms with E-state index < -0.39 is 5.54 Å². The van der Waals surface area contributed by atoms with Crippen LogP contribution in [0.5, 0.6) is 0 Å². The highest BCUT2D eigenvalue weighted by Gasteiger charge is 2.49. The predicted molar refractivity (Wildman–Crippen MR) is 77.2 cm³/mol. The number of imidazole rings is 1. The Labute approximate surface area is 120 Å². The van der Waals surface area contributed by atoms with Crippen LogP contribution in [0.25, 0.3) is 0 Å². The average molecular weight is 279 g/mol. The summed E-state index contributed by atoms with van der Waals surface area (Å²) < 4.78 is 7.15. The molecule has 5 nitrogen and oxygen atoms in total. The molecule has 1 aliphatic carbocycles. The van der Waals surface area contributed by atoms with Crippen molar-refractivity contribution >= 4 is 5.97 Å². The van der Waals surface area contributed by atoms with Crippen LogP contribution in [0.1, 0.15) is 39.5 Å². The summed E-state index contributed by atoms with van der Waals surface area (Å²) in [6.07, 6.45) is 9.55. The first-order valence-corrected chi connectivity index (χ1v) is 7.40. The van der Waals surface area contributed by atoms with E-state index in [4.69, 9.17) is 4.74 Å². The maximum atomic E-state index is 12.3. The number of ether oxygens (including phenoxy) is 1. The van der Waals surface area contributed by atoms with Gasteiger partial charge in [0, 0.05) is 25.0 Å². The summed E-state index contributed by atoms with van der Waals surface area (Å²) >= 11 is 0. The fourth-order valence-corrected chi connectivity index (χ4v) is 3.41. The van der Waals surface area contributed by atoms with Gasteiger partial charge >= 0.3 is 5.97 Å². The summed E-state index contributed by atoms with van der Waals surface area (Å²) in [5.74, 6) is 0.207. The number of hydrogen-bond acceptors (Lipinski definition) is 4. The number of nitrogens with zero attached hydrogens (tertiary/aromatic N) is 2. The summed E-state index contributed by atoms with van der Waals surface area (Å²) in [6, 6.07) is 0.267. The van der Waals surface area contributed by atoms with Crippen LogP contribution in [0.2, 0.25) is 0 Å². The topological polar surface area (TPSA) is 56.1 Å². The molecule has 1 saturated carbocycles. The van der Waals surface area contributed by atoms with Crippen molar-refractivity contribution < 1.29 is 9.53 Å². The molecule has 2 rings (SSSR count). The fourth-order valence-electron chi connectivity index (χ4n) is 3.41. The second kappa shape index (κ2) is 6.39. The molecule has 0 aromatic carbocycles. The molecule has 1 heterocycles. The maximum Gasteiger partial charge on any atom is 0.326 e. The van der Waals surface area contributed by atoms with E-state index in [0.29, 0.717) is 5.92 Å². The van der Waals surface area contributed by atoms with Gasteiger partial charge in [-0.05, 0) is 39.0 Å². The maximum absolute atomic E-state index is 12.3. The van der Waals surface area contributed by atoms with Gasteiger partial charge < -0.3 is 9.30 Å². The highest BCUT2D eigenvalue weighted by Crippen LogP contribution is 2.39. The molecule has 20 heavy (non-hydrogen) atoms. The molecule has 0 spiro atoms. The number of carbonyl (C=O) groups is 1. The van der Waals surface area contributed by atoms with Gasteiger partial charge in [0.25, 0.3) is 0 Å². The minimum absolute atomic E-state index is 0.112. The molecule has 1 aromatic heterocycles. The van der Waals surface area contributed by atoms with Crippen LogP contribution in [0, 0.1) is 5.92 Å². The Bertz CT molecular complexity index is 430. The van der Waals surface area contributed by atoms with E-state index in [9.17, 15) is 4.79 Å². The first kappa shape index (κ1) is 15.0. The van der Waals surface area contributed by atoms with E-state index in [-0.39, 0.29) is 12.0 Å². The molecule has 0 bridgehead atoms. The van der Waals surface area contributed by atoms with Crippen molar-refractivity contribution in [1.82, 2.24) is 14.9 Å². The van der Waals surface area contributed by atoms with E-state index in [1.165, 1.54) is 7.11 Å². The van der Waals surface area contributed by atoms with Crippen LogP contribution in [0.15, 0.2) is 18.7 Å². The van der Waals surface area contributed by atoms with Crippen molar-refractivity contribution in [3.63, 3.8) is 0 Å². The number of aromatic nitrogens is 2. The Morgan fingerprint density at radius 1 is 1.60 bits per heavy atom. The van der Waals surface area contributed by atoms with E-state index in [1.54, 1.807) is 6.20 Å². The molecule has 1 N–H and O–H groups in total. The van der Waals surface area contributed by atoms with Gasteiger partial charge in [0.05, 0.1) is 13.4 Å². The summed E-state index contributed by atoms with van der Waals surface area (Å²) in [7, 11) is 1.48. The summed E-state index contributed by atoms with van der Waals surface area (Å²) in [5.41, 5.74) is -0.510. The third kappa shape index (κ3) is 3.03. The van der Waals surface area contributed by atoms with Crippen LogP contribution in [-0.2, 0) is 16.1 Å². The normalized spacial score (nSPS) is 26.1. The standard InChI is InChI=1S/C15H25N3O2/c1-12(2)17-15(14(19)20-3)7-4-5-13(15)6-9-18-10-8-16-11-18/h8,10-13,17H,4-7,9H2,1-3H3. The monoisotopic (exact) mass is 279 g/mol. The molecular weight excluding hydrogens is 254 g/mol.